The summed E-state index contributed by atoms with van der Waals surface area (Å²) >= 11 is 0. The van der Waals surface area contributed by atoms with E-state index in [4.69, 9.17) is 10.1 Å². The number of fused-ring (bicyclic) bond motifs is 1. The zero-order chi connectivity index (χ0) is 15.5. The maximum absolute atomic E-state index is 4.72. The number of para-hydroxylation sites is 1. The number of rotatable bonds is 3. The highest BCUT2D eigenvalue weighted by Crippen LogP contribution is 2.28. The molecule has 0 aliphatic carbocycles. The van der Waals surface area contributed by atoms with Crippen LogP contribution in [-0.4, -0.2) is 16.0 Å². The molecule has 0 unspecified atom stereocenters. The first-order valence-electron chi connectivity index (χ1n) is 7.54. The largest absolute Gasteiger partial charge is 0.236 e. The maximum atomic E-state index is 4.72. The van der Waals surface area contributed by atoms with Gasteiger partial charge in [-0.05, 0) is 29.8 Å². The molecule has 0 atom stereocenters. The van der Waals surface area contributed by atoms with Crippen LogP contribution in [0.25, 0.3) is 16.6 Å². The number of aromatic nitrogens is 2. The quantitative estimate of drug-likeness (QED) is 0.501. The van der Waals surface area contributed by atoms with Crippen LogP contribution < -0.4 is 0 Å². The van der Waals surface area contributed by atoms with Gasteiger partial charge >= 0.3 is 0 Å². The molecule has 0 amide bonds. The van der Waals surface area contributed by atoms with E-state index >= 15 is 0 Å². The second-order valence-corrected chi connectivity index (χ2v) is 5.26. The molecule has 4 rings (SSSR count). The Morgan fingerprint density at radius 2 is 1.39 bits per heavy atom. The van der Waals surface area contributed by atoms with Crippen LogP contribution in [0.2, 0.25) is 0 Å². The van der Waals surface area contributed by atoms with E-state index in [0.29, 0.717) is 0 Å². The minimum Gasteiger partial charge on any atom is -0.236 e. The fourth-order valence-electron chi connectivity index (χ4n) is 2.57. The second kappa shape index (κ2) is 5.89. The normalized spacial score (nSPS) is 11.3. The van der Waals surface area contributed by atoms with Gasteiger partial charge in [-0.15, -0.1) is 0 Å². The van der Waals surface area contributed by atoms with Crippen LogP contribution in [0.3, 0.4) is 0 Å². The van der Waals surface area contributed by atoms with Gasteiger partial charge in [-0.2, -0.15) is 5.10 Å². The topological polar surface area (TPSA) is 30.2 Å². The van der Waals surface area contributed by atoms with Crippen molar-refractivity contribution in [2.75, 3.05) is 0 Å². The monoisotopic (exact) mass is 297 g/mol. The highest BCUT2D eigenvalue weighted by atomic mass is 15.3. The van der Waals surface area contributed by atoms with Crippen molar-refractivity contribution in [3.63, 3.8) is 0 Å². The fraction of sp³-hybridized carbons (Fsp3) is 0. The lowest BCUT2D eigenvalue weighted by Gasteiger charge is -2.03. The third-order valence-corrected chi connectivity index (χ3v) is 3.69. The van der Waals surface area contributed by atoms with Crippen LogP contribution >= 0.6 is 0 Å². The first kappa shape index (κ1) is 13.5. The predicted molar refractivity (Wildman–Crippen MR) is 94.8 cm³/mol. The lowest BCUT2D eigenvalue weighted by molar-refractivity contribution is 0.896. The molecule has 0 spiro atoms. The molecule has 23 heavy (non-hydrogen) atoms. The Morgan fingerprint density at radius 3 is 2.17 bits per heavy atom. The first-order valence-corrected chi connectivity index (χ1v) is 7.54. The molecule has 110 valence electrons. The molecule has 0 aliphatic rings. The average molecular weight is 297 g/mol. The van der Waals surface area contributed by atoms with E-state index in [0.717, 1.165) is 28.0 Å². The summed E-state index contributed by atoms with van der Waals surface area (Å²) < 4.78 is 1.89. The van der Waals surface area contributed by atoms with Gasteiger partial charge in [0.05, 0.1) is 11.2 Å². The van der Waals surface area contributed by atoms with Gasteiger partial charge in [0.15, 0.2) is 5.82 Å². The Morgan fingerprint density at radius 1 is 0.739 bits per heavy atom. The van der Waals surface area contributed by atoms with Crippen molar-refractivity contribution in [2.45, 2.75) is 0 Å². The van der Waals surface area contributed by atoms with Gasteiger partial charge in [-0.1, -0.05) is 60.7 Å². The summed E-state index contributed by atoms with van der Waals surface area (Å²) in [5.74, 6) is 0.843. The predicted octanol–water partition coefficient (Wildman–Crippen LogP) is 4.78. The van der Waals surface area contributed by atoms with E-state index < -0.39 is 0 Å². The van der Waals surface area contributed by atoms with Crippen molar-refractivity contribution in [1.29, 1.82) is 0 Å². The van der Waals surface area contributed by atoms with Gasteiger partial charge in [0.1, 0.15) is 0 Å². The van der Waals surface area contributed by atoms with Gasteiger partial charge in [-0.25, -0.2) is 9.67 Å². The number of hydrogen-bond acceptors (Lipinski definition) is 2. The Balaban J connectivity index is 1.88. The van der Waals surface area contributed by atoms with E-state index in [2.05, 4.69) is 6.07 Å². The second-order valence-electron chi connectivity index (χ2n) is 5.26. The van der Waals surface area contributed by atoms with Crippen molar-refractivity contribution in [1.82, 2.24) is 9.78 Å². The molecule has 0 saturated heterocycles. The standard InChI is InChI=1S/C20H15N3/c1-3-9-16(10-4-1)15-21-20-18-13-7-8-14-19(18)22-23(20)17-11-5-2-6-12-17/h1-15H/b21-15-. The van der Waals surface area contributed by atoms with E-state index in [1.165, 1.54) is 0 Å². The molecule has 3 heteroatoms. The molecule has 4 aromatic rings. The minimum absolute atomic E-state index is 0.843. The van der Waals surface area contributed by atoms with Gasteiger partial charge < -0.3 is 0 Å². The zero-order valence-corrected chi connectivity index (χ0v) is 12.5. The van der Waals surface area contributed by atoms with Crippen molar-refractivity contribution < 1.29 is 0 Å². The van der Waals surface area contributed by atoms with Gasteiger partial charge in [0, 0.05) is 11.6 Å². The molecule has 0 saturated carbocycles. The molecular formula is C20H15N3. The van der Waals surface area contributed by atoms with Gasteiger partial charge in [0.25, 0.3) is 0 Å². The molecule has 3 aromatic carbocycles. The summed E-state index contributed by atoms with van der Waals surface area (Å²) in [4.78, 5) is 4.72. The third kappa shape index (κ3) is 2.64. The average Bonchev–Trinajstić information content (AvgIpc) is 3.00. The van der Waals surface area contributed by atoms with Crippen LogP contribution in [-0.2, 0) is 0 Å². The zero-order valence-electron chi connectivity index (χ0n) is 12.5. The number of aliphatic imine (C=N–C) groups is 1. The Labute approximate surface area is 134 Å². The summed E-state index contributed by atoms with van der Waals surface area (Å²) in [5, 5.41) is 5.74. The molecule has 0 aliphatic heterocycles. The number of benzene rings is 3. The summed E-state index contributed by atoms with van der Waals surface area (Å²) in [5.41, 5.74) is 3.01. The van der Waals surface area contributed by atoms with Crippen molar-refractivity contribution in [2.24, 2.45) is 4.99 Å². The Kier molecular flexibility index (Phi) is 3.45. The van der Waals surface area contributed by atoms with Crippen molar-refractivity contribution >= 4 is 22.9 Å². The fourth-order valence-corrected chi connectivity index (χ4v) is 2.57. The third-order valence-electron chi connectivity index (χ3n) is 3.69. The maximum Gasteiger partial charge on any atom is 0.163 e. The lowest BCUT2D eigenvalue weighted by atomic mass is 10.2. The molecule has 3 nitrogen and oxygen atoms in total. The molecule has 1 aromatic heterocycles. The number of hydrogen-bond donors (Lipinski definition) is 0. The summed E-state index contributed by atoms with van der Waals surface area (Å²) in [6, 6.07) is 28.2. The highest BCUT2D eigenvalue weighted by molar-refractivity contribution is 5.93. The van der Waals surface area contributed by atoms with Crippen molar-refractivity contribution in [3.8, 4) is 5.69 Å². The van der Waals surface area contributed by atoms with Gasteiger partial charge in [-0.3, -0.25) is 0 Å². The summed E-state index contributed by atoms with van der Waals surface area (Å²) in [6.45, 7) is 0. The minimum atomic E-state index is 0.843. The first-order chi connectivity index (χ1) is 11.4. The molecule has 0 N–H and O–H groups in total. The number of nitrogens with zero attached hydrogens (tertiary/aromatic N) is 3. The van der Waals surface area contributed by atoms with Crippen LogP contribution in [0.5, 0.6) is 0 Å². The molecular weight excluding hydrogens is 282 g/mol. The SMILES string of the molecule is C(=N/c1c2ccccc2nn1-c1ccccc1)/c1ccccc1. The van der Waals surface area contributed by atoms with Crippen LogP contribution in [0.15, 0.2) is 89.9 Å². The van der Waals surface area contributed by atoms with Crippen LogP contribution in [0.1, 0.15) is 5.56 Å². The highest BCUT2D eigenvalue weighted by Gasteiger charge is 2.10. The molecule has 0 fully saturated rings. The molecule has 0 bridgehead atoms. The summed E-state index contributed by atoms with van der Waals surface area (Å²) in [7, 11) is 0. The Hall–Kier alpha value is -3.20. The van der Waals surface area contributed by atoms with Crippen LogP contribution in [0.4, 0.5) is 5.82 Å². The van der Waals surface area contributed by atoms with Crippen molar-refractivity contribution in [3.05, 3.63) is 90.5 Å². The van der Waals surface area contributed by atoms with Gasteiger partial charge in [0.2, 0.25) is 0 Å². The van der Waals surface area contributed by atoms with E-state index in [1.807, 2.05) is 89.8 Å². The van der Waals surface area contributed by atoms with E-state index in [9.17, 15) is 0 Å². The van der Waals surface area contributed by atoms with E-state index in [1.54, 1.807) is 0 Å². The Bertz CT molecular complexity index is 954. The van der Waals surface area contributed by atoms with Crippen LogP contribution in [0, 0.1) is 0 Å². The smallest absolute Gasteiger partial charge is 0.163 e. The summed E-state index contributed by atoms with van der Waals surface area (Å²) in [6.07, 6.45) is 1.88. The van der Waals surface area contributed by atoms with E-state index in [-0.39, 0.29) is 0 Å². The molecule has 1 heterocycles. The lowest BCUT2D eigenvalue weighted by Crippen LogP contribution is -1.95. The molecule has 0 radical (unpaired) electrons.